The van der Waals surface area contributed by atoms with Gasteiger partial charge in [0, 0.05) is 19.5 Å². The summed E-state index contributed by atoms with van der Waals surface area (Å²) < 4.78 is 7.81. The van der Waals surface area contributed by atoms with Gasteiger partial charge in [0.15, 0.2) is 0 Å². The fourth-order valence-corrected chi connectivity index (χ4v) is 2.90. The molecule has 1 aromatic rings. The molecule has 18 heavy (non-hydrogen) atoms. The van der Waals surface area contributed by atoms with E-state index in [4.69, 9.17) is 16.3 Å². The van der Waals surface area contributed by atoms with E-state index in [-0.39, 0.29) is 6.10 Å². The lowest BCUT2D eigenvalue weighted by Gasteiger charge is -2.23. The van der Waals surface area contributed by atoms with Gasteiger partial charge in [-0.25, -0.2) is 0 Å². The predicted octanol–water partition coefficient (Wildman–Crippen LogP) is 2.08. The van der Waals surface area contributed by atoms with Crippen LogP contribution < -0.4 is 5.32 Å². The van der Waals surface area contributed by atoms with Gasteiger partial charge in [0.05, 0.1) is 28.6 Å². The van der Waals surface area contributed by atoms with E-state index < -0.39 is 0 Å². The van der Waals surface area contributed by atoms with Crippen LogP contribution in [0.1, 0.15) is 31.2 Å². The molecule has 0 spiro atoms. The summed E-state index contributed by atoms with van der Waals surface area (Å²) in [6.07, 6.45) is 3.75. The predicted molar refractivity (Wildman–Crippen MR) is 73.1 cm³/mol. The molecule has 0 radical (unpaired) electrons. The second-order valence-electron chi connectivity index (χ2n) is 5.13. The van der Waals surface area contributed by atoms with E-state index in [0.29, 0.717) is 12.1 Å². The molecule has 1 aromatic heterocycles. The average molecular weight is 272 g/mol. The van der Waals surface area contributed by atoms with Crippen molar-refractivity contribution in [2.24, 2.45) is 7.05 Å². The monoisotopic (exact) mass is 271 g/mol. The molecule has 3 unspecified atom stereocenters. The summed E-state index contributed by atoms with van der Waals surface area (Å²) in [6.45, 7) is 4.07. The minimum atomic E-state index is 0.274. The number of aromatic nitrogens is 2. The van der Waals surface area contributed by atoms with Crippen LogP contribution in [-0.2, 0) is 18.2 Å². The molecular weight excluding hydrogens is 250 g/mol. The normalized spacial score (nSPS) is 25.6. The number of aryl methyl sites for hydroxylation is 2. The first-order chi connectivity index (χ1) is 8.52. The van der Waals surface area contributed by atoms with E-state index in [1.165, 1.54) is 0 Å². The van der Waals surface area contributed by atoms with Crippen molar-refractivity contribution in [1.29, 1.82) is 0 Å². The summed E-state index contributed by atoms with van der Waals surface area (Å²) in [4.78, 5) is 0. The first kappa shape index (κ1) is 13.8. The van der Waals surface area contributed by atoms with E-state index in [2.05, 4.69) is 17.3 Å². The van der Waals surface area contributed by atoms with Crippen LogP contribution in [0.3, 0.4) is 0 Å². The van der Waals surface area contributed by atoms with Crippen LogP contribution in [0.2, 0.25) is 5.02 Å². The fraction of sp³-hybridized carbons (Fsp3) is 0.769. The molecule has 0 aromatic carbocycles. The lowest BCUT2D eigenvalue weighted by Crippen LogP contribution is -2.40. The van der Waals surface area contributed by atoms with E-state index in [0.717, 1.165) is 35.7 Å². The van der Waals surface area contributed by atoms with Crippen LogP contribution in [0.25, 0.3) is 0 Å². The Bertz CT molecular complexity index is 419. The molecule has 1 aliphatic heterocycles. The summed E-state index contributed by atoms with van der Waals surface area (Å²) in [7, 11) is 3.92. The van der Waals surface area contributed by atoms with Crippen LogP contribution in [0.4, 0.5) is 0 Å². The van der Waals surface area contributed by atoms with Crippen LogP contribution in [0.5, 0.6) is 0 Å². The Morgan fingerprint density at radius 2 is 2.28 bits per heavy atom. The summed E-state index contributed by atoms with van der Waals surface area (Å²) in [5.41, 5.74) is 1.97. The number of hydrogen-bond acceptors (Lipinski definition) is 3. The van der Waals surface area contributed by atoms with Crippen LogP contribution in [0.15, 0.2) is 0 Å². The highest BCUT2D eigenvalue weighted by molar-refractivity contribution is 6.31. The Morgan fingerprint density at radius 3 is 2.72 bits per heavy atom. The number of likely N-dealkylation sites (N-methyl/N-ethyl adjacent to an activating group) is 1. The van der Waals surface area contributed by atoms with Crippen molar-refractivity contribution in [3.05, 3.63) is 16.4 Å². The number of rotatable bonds is 4. The lowest BCUT2D eigenvalue weighted by molar-refractivity contribution is 0.0334. The Kier molecular flexibility index (Phi) is 4.30. The number of halogens is 1. The third-order valence-corrected chi connectivity index (χ3v) is 4.25. The molecule has 3 atom stereocenters. The van der Waals surface area contributed by atoms with Crippen molar-refractivity contribution in [1.82, 2.24) is 15.1 Å². The molecule has 0 saturated carbocycles. The number of nitrogens with zero attached hydrogens (tertiary/aromatic N) is 2. The zero-order valence-corrected chi connectivity index (χ0v) is 12.3. The highest BCUT2D eigenvalue weighted by Gasteiger charge is 2.30. The van der Waals surface area contributed by atoms with Crippen molar-refractivity contribution in [2.75, 3.05) is 7.05 Å². The standard InChI is InChI=1S/C13H22ClN3O/c1-8-5-6-12(18-8)10(15-3)7-11-13(14)9(2)16-17(11)4/h8,10,12,15H,5-7H2,1-4H3. The van der Waals surface area contributed by atoms with Crippen molar-refractivity contribution < 1.29 is 4.74 Å². The van der Waals surface area contributed by atoms with Gasteiger partial charge < -0.3 is 10.1 Å². The molecule has 102 valence electrons. The third kappa shape index (κ3) is 2.71. The quantitative estimate of drug-likeness (QED) is 0.911. The fourth-order valence-electron chi connectivity index (χ4n) is 2.66. The summed E-state index contributed by atoms with van der Waals surface area (Å²) in [5.74, 6) is 0. The molecule has 2 heterocycles. The molecule has 1 aliphatic rings. The van der Waals surface area contributed by atoms with Crippen LogP contribution in [-0.4, -0.2) is 35.1 Å². The number of ether oxygens (including phenoxy) is 1. The minimum absolute atomic E-state index is 0.274. The lowest BCUT2D eigenvalue weighted by atomic mass is 10.0. The molecule has 1 fully saturated rings. The third-order valence-electron chi connectivity index (χ3n) is 3.76. The van der Waals surface area contributed by atoms with E-state index >= 15 is 0 Å². The largest absolute Gasteiger partial charge is 0.374 e. The first-order valence-corrected chi connectivity index (χ1v) is 6.91. The van der Waals surface area contributed by atoms with Crippen molar-refractivity contribution >= 4 is 11.6 Å². The van der Waals surface area contributed by atoms with Gasteiger partial charge in [0.1, 0.15) is 0 Å². The van der Waals surface area contributed by atoms with Gasteiger partial charge in [-0.2, -0.15) is 5.10 Å². The number of nitrogens with one attached hydrogen (secondary N) is 1. The Labute approximate surface area is 114 Å². The van der Waals surface area contributed by atoms with Crippen LogP contribution >= 0.6 is 11.6 Å². The molecule has 1 N–H and O–H groups in total. The second kappa shape index (κ2) is 5.59. The molecule has 1 saturated heterocycles. The Balaban J connectivity index is 2.10. The average Bonchev–Trinajstić information content (AvgIpc) is 2.84. The van der Waals surface area contributed by atoms with Gasteiger partial charge in [0.2, 0.25) is 0 Å². The zero-order valence-electron chi connectivity index (χ0n) is 11.5. The van der Waals surface area contributed by atoms with Gasteiger partial charge in [-0.1, -0.05) is 11.6 Å². The molecule has 5 heteroatoms. The SMILES string of the molecule is CNC(Cc1c(Cl)c(C)nn1C)C1CCC(C)O1. The van der Waals surface area contributed by atoms with Gasteiger partial charge in [0.25, 0.3) is 0 Å². The smallest absolute Gasteiger partial charge is 0.0847 e. The maximum Gasteiger partial charge on any atom is 0.0847 e. The van der Waals surface area contributed by atoms with Crippen molar-refractivity contribution in [3.8, 4) is 0 Å². The van der Waals surface area contributed by atoms with E-state index in [9.17, 15) is 0 Å². The van der Waals surface area contributed by atoms with Crippen LogP contribution in [0, 0.1) is 6.92 Å². The Morgan fingerprint density at radius 1 is 1.56 bits per heavy atom. The Hall–Kier alpha value is -0.580. The molecule has 0 aliphatic carbocycles. The van der Waals surface area contributed by atoms with Gasteiger partial charge in [-0.15, -0.1) is 0 Å². The highest BCUT2D eigenvalue weighted by atomic mass is 35.5. The number of hydrogen-bond donors (Lipinski definition) is 1. The second-order valence-corrected chi connectivity index (χ2v) is 5.51. The molecule has 0 amide bonds. The van der Waals surface area contributed by atoms with Gasteiger partial charge in [-0.3, -0.25) is 4.68 Å². The molecular formula is C13H22ClN3O. The van der Waals surface area contributed by atoms with Crippen molar-refractivity contribution in [2.45, 2.75) is 51.4 Å². The molecule has 4 nitrogen and oxygen atoms in total. The van der Waals surface area contributed by atoms with Gasteiger partial charge in [-0.05, 0) is 33.7 Å². The van der Waals surface area contributed by atoms with Crippen molar-refractivity contribution in [3.63, 3.8) is 0 Å². The van der Waals surface area contributed by atoms with E-state index in [1.54, 1.807) is 0 Å². The van der Waals surface area contributed by atoms with E-state index in [1.807, 2.05) is 25.7 Å². The van der Waals surface area contributed by atoms with Gasteiger partial charge >= 0.3 is 0 Å². The maximum atomic E-state index is 6.30. The first-order valence-electron chi connectivity index (χ1n) is 6.53. The molecule has 2 rings (SSSR count). The zero-order chi connectivity index (χ0) is 13.3. The maximum absolute atomic E-state index is 6.30. The summed E-state index contributed by atoms with van der Waals surface area (Å²) in [6, 6.07) is 0.294. The minimum Gasteiger partial charge on any atom is -0.374 e. The topological polar surface area (TPSA) is 39.1 Å². The molecule has 0 bridgehead atoms. The highest BCUT2D eigenvalue weighted by Crippen LogP contribution is 2.26. The summed E-state index contributed by atoms with van der Waals surface area (Å²) in [5, 5.41) is 8.49. The summed E-state index contributed by atoms with van der Waals surface area (Å²) >= 11 is 6.30.